The van der Waals surface area contributed by atoms with Crippen LogP contribution in [0.25, 0.3) is 22.4 Å². The number of imidazole rings is 1. The number of rotatable bonds is 4. The van der Waals surface area contributed by atoms with Crippen molar-refractivity contribution >= 4 is 35.0 Å². The number of nitrogens with one attached hydrogen (secondary N) is 3. The Morgan fingerprint density at radius 3 is 2.79 bits per heavy atom. The van der Waals surface area contributed by atoms with Gasteiger partial charge in [0.15, 0.2) is 12.0 Å². The minimum Gasteiger partial charge on any atom is -0.618 e. The van der Waals surface area contributed by atoms with Crippen LogP contribution in [-0.2, 0) is 9.53 Å². The smallest absolute Gasteiger partial charge is 0.411 e. The highest BCUT2D eigenvalue weighted by Crippen LogP contribution is 2.36. The predicted molar refractivity (Wildman–Crippen MR) is 154 cm³/mol. The first-order valence-corrected chi connectivity index (χ1v) is 13.9. The summed E-state index contributed by atoms with van der Waals surface area (Å²) in [5.41, 5.74) is 2.78. The number of amides is 2. The number of halogens is 3. The van der Waals surface area contributed by atoms with Crippen LogP contribution in [0.1, 0.15) is 55.7 Å². The van der Waals surface area contributed by atoms with Gasteiger partial charge in [0.05, 0.1) is 34.1 Å². The number of fused-ring (bicyclic) bond motifs is 4. The number of aromatic amines is 1. The number of aryl methyl sites for hydroxylation is 1. The van der Waals surface area contributed by atoms with Crippen LogP contribution in [0.3, 0.4) is 0 Å². The summed E-state index contributed by atoms with van der Waals surface area (Å²) in [7, 11) is 0. The number of carbonyl (C=O) groups is 2. The lowest BCUT2D eigenvalue weighted by Crippen LogP contribution is -2.34. The zero-order valence-corrected chi connectivity index (χ0v) is 23.6. The summed E-state index contributed by atoms with van der Waals surface area (Å²) >= 11 is 5.85. The van der Waals surface area contributed by atoms with E-state index >= 15 is 0 Å². The van der Waals surface area contributed by atoms with Gasteiger partial charge in [-0.3, -0.25) is 10.1 Å². The monoisotopic (exact) mass is 595 g/mol. The molecule has 3 heterocycles. The maximum absolute atomic E-state index is 14.7. The highest BCUT2D eigenvalue weighted by molar-refractivity contribution is 6.31. The van der Waals surface area contributed by atoms with Crippen molar-refractivity contribution in [3.63, 3.8) is 0 Å². The zero-order valence-electron chi connectivity index (χ0n) is 22.9. The first kappa shape index (κ1) is 29.0. The quantitative estimate of drug-likeness (QED) is 0.136. The molecule has 0 aliphatic carbocycles. The second kappa shape index (κ2) is 12.2. The summed E-state index contributed by atoms with van der Waals surface area (Å²) < 4.78 is 34.7. The lowest BCUT2D eigenvalue weighted by atomic mass is 9.95. The summed E-state index contributed by atoms with van der Waals surface area (Å²) in [5.74, 6) is -1.94. The Morgan fingerprint density at radius 1 is 1.21 bits per heavy atom. The molecule has 1 aliphatic rings. The molecule has 218 valence electrons. The maximum Gasteiger partial charge on any atom is 0.411 e. The normalized spacial score (nSPS) is 15.2. The fourth-order valence-electron chi connectivity index (χ4n) is 5.10. The number of hydrogen-bond donors (Lipinski definition) is 3. The van der Waals surface area contributed by atoms with Gasteiger partial charge < -0.3 is 20.2 Å². The van der Waals surface area contributed by atoms with E-state index in [1.807, 2.05) is 6.92 Å². The van der Waals surface area contributed by atoms with E-state index in [0.29, 0.717) is 63.8 Å². The molecule has 2 aromatic carbocycles. The molecule has 1 aliphatic heterocycles. The third-order valence-electron chi connectivity index (χ3n) is 7.08. The molecule has 5 rings (SSSR count). The van der Waals surface area contributed by atoms with Crippen LogP contribution < -0.4 is 15.4 Å². The predicted octanol–water partition coefficient (Wildman–Crippen LogP) is 6.83. The average Bonchev–Trinajstić information content (AvgIpc) is 3.32. The Kier molecular flexibility index (Phi) is 8.39. The van der Waals surface area contributed by atoms with E-state index in [1.165, 1.54) is 12.1 Å². The van der Waals surface area contributed by atoms with Gasteiger partial charge in [0.1, 0.15) is 17.6 Å². The van der Waals surface area contributed by atoms with Crippen LogP contribution in [0, 0.1) is 23.8 Å². The fourth-order valence-corrected chi connectivity index (χ4v) is 5.26. The van der Waals surface area contributed by atoms with Gasteiger partial charge in [-0.2, -0.15) is 4.73 Å². The Balaban J connectivity index is 1.55. The molecule has 3 N–H and O–H groups in total. The minimum atomic E-state index is -0.945. The number of ether oxygens (including phenoxy) is 1. The molecular weight excluding hydrogens is 568 g/mol. The second-order valence-electron chi connectivity index (χ2n) is 9.93. The molecule has 0 saturated heterocycles. The van der Waals surface area contributed by atoms with Crippen molar-refractivity contribution in [2.45, 2.75) is 45.4 Å². The third-order valence-corrected chi connectivity index (χ3v) is 7.38. The van der Waals surface area contributed by atoms with Crippen molar-refractivity contribution in [2.24, 2.45) is 0 Å². The van der Waals surface area contributed by atoms with E-state index in [4.69, 9.17) is 21.3 Å². The number of aromatic nitrogens is 3. The molecule has 0 fully saturated rings. The Bertz CT molecular complexity index is 1680. The van der Waals surface area contributed by atoms with Crippen LogP contribution in [-0.4, -0.2) is 28.6 Å². The van der Waals surface area contributed by atoms with Gasteiger partial charge in [-0.1, -0.05) is 18.0 Å². The Morgan fingerprint density at radius 2 is 2.02 bits per heavy atom. The van der Waals surface area contributed by atoms with Crippen molar-refractivity contribution in [2.75, 3.05) is 17.2 Å². The van der Waals surface area contributed by atoms with E-state index in [0.717, 1.165) is 18.3 Å². The van der Waals surface area contributed by atoms with Gasteiger partial charge in [0, 0.05) is 29.4 Å². The van der Waals surface area contributed by atoms with Gasteiger partial charge in [0.25, 0.3) is 0 Å². The first-order valence-electron chi connectivity index (χ1n) is 13.5. The van der Waals surface area contributed by atoms with Crippen molar-refractivity contribution < 1.29 is 27.8 Å². The largest absolute Gasteiger partial charge is 0.618 e. The summed E-state index contributed by atoms with van der Waals surface area (Å²) in [5, 5.41) is 18.6. The molecule has 0 radical (unpaired) electrons. The van der Waals surface area contributed by atoms with Crippen molar-refractivity contribution in [1.29, 1.82) is 0 Å². The summed E-state index contributed by atoms with van der Waals surface area (Å²) in [6.07, 6.45) is 2.39. The van der Waals surface area contributed by atoms with Crippen molar-refractivity contribution in [1.82, 2.24) is 9.97 Å². The first-order chi connectivity index (χ1) is 20.2. The molecule has 2 bridgehead atoms. The zero-order chi connectivity index (χ0) is 30.0. The molecular formula is C30H28ClF2N5O4. The summed E-state index contributed by atoms with van der Waals surface area (Å²) in [6, 6.07) is 10.2. The van der Waals surface area contributed by atoms with E-state index < -0.39 is 23.6 Å². The highest BCUT2D eigenvalue weighted by atomic mass is 35.5. The van der Waals surface area contributed by atoms with Crippen molar-refractivity contribution in [3.05, 3.63) is 87.7 Å². The van der Waals surface area contributed by atoms with Gasteiger partial charge in [-0.05, 0) is 63.1 Å². The average molecular weight is 596 g/mol. The van der Waals surface area contributed by atoms with Crippen LogP contribution in [0.2, 0.25) is 5.02 Å². The third kappa shape index (κ3) is 5.91. The molecule has 42 heavy (non-hydrogen) atoms. The molecule has 9 nitrogen and oxygen atoms in total. The van der Waals surface area contributed by atoms with Crippen LogP contribution >= 0.6 is 11.6 Å². The molecule has 0 spiro atoms. The van der Waals surface area contributed by atoms with Gasteiger partial charge in [-0.15, -0.1) is 0 Å². The molecule has 0 saturated carbocycles. The number of pyridine rings is 1. The van der Waals surface area contributed by atoms with E-state index in [9.17, 15) is 23.6 Å². The topological polar surface area (TPSA) is 123 Å². The fraction of sp³-hybridized carbons (Fsp3) is 0.267. The standard InChI is InChI=1S/C30H28ClF2N5O4/c1-3-42-30(40)35-18-9-10-19-23(14-18)36-25(39)7-5-4-6-20(29-34-16(2)28(19)37-29)24-13-8-17(15-38(24)41)26-22(32)12-11-21(31)27(26)33/h8-15,20H,3-7H2,1-2H3,(H,34,37)(H,35,40)(H,36,39)/t20-/m1/s1. The van der Waals surface area contributed by atoms with Gasteiger partial charge >= 0.3 is 6.09 Å². The lowest BCUT2D eigenvalue weighted by molar-refractivity contribution is -0.614. The summed E-state index contributed by atoms with van der Waals surface area (Å²) in [6.45, 7) is 3.74. The molecule has 12 heteroatoms. The second-order valence-corrected chi connectivity index (χ2v) is 10.3. The molecule has 4 aromatic rings. The van der Waals surface area contributed by atoms with Crippen LogP contribution in [0.15, 0.2) is 48.7 Å². The lowest BCUT2D eigenvalue weighted by Gasteiger charge is -2.17. The van der Waals surface area contributed by atoms with E-state index in [2.05, 4.69) is 15.6 Å². The van der Waals surface area contributed by atoms with Crippen LogP contribution in [0.4, 0.5) is 25.0 Å². The van der Waals surface area contributed by atoms with E-state index in [-0.39, 0.29) is 35.1 Å². The van der Waals surface area contributed by atoms with Crippen molar-refractivity contribution in [3.8, 4) is 22.4 Å². The SMILES string of the molecule is CCOC(=O)Nc1ccc2c(c1)NC(=O)CCCC[C@H](c1ccc(-c3c(F)ccc(Cl)c3F)c[n+]1[O-])c1nc-2c(C)[nH]1. The highest BCUT2D eigenvalue weighted by Gasteiger charge is 2.28. The number of hydrogen-bond acceptors (Lipinski definition) is 5. The number of H-pyrrole nitrogens is 1. The molecule has 0 unspecified atom stereocenters. The van der Waals surface area contributed by atoms with Crippen LogP contribution in [0.5, 0.6) is 0 Å². The molecule has 2 aromatic heterocycles. The number of benzene rings is 2. The van der Waals surface area contributed by atoms with E-state index in [1.54, 1.807) is 25.1 Å². The molecule has 2 amide bonds. The number of carbonyl (C=O) groups excluding carboxylic acids is 2. The number of nitrogens with zero attached hydrogens (tertiary/aromatic N) is 2. The Labute approximate surface area is 245 Å². The van der Waals surface area contributed by atoms with Gasteiger partial charge in [0.2, 0.25) is 11.6 Å². The minimum absolute atomic E-state index is 0.0496. The molecule has 1 atom stereocenters. The summed E-state index contributed by atoms with van der Waals surface area (Å²) in [4.78, 5) is 32.9. The van der Waals surface area contributed by atoms with Gasteiger partial charge in [-0.25, -0.2) is 18.6 Å². The Hall–Kier alpha value is -4.51. The maximum atomic E-state index is 14.7. The number of anilines is 2.